The number of nitrogens with zero attached hydrogens (tertiary/aromatic N) is 2. The highest BCUT2D eigenvalue weighted by molar-refractivity contribution is 6.32. The van der Waals surface area contributed by atoms with E-state index < -0.39 is 11.4 Å². The van der Waals surface area contributed by atoms with Gasteiger partial charge in [-0.2, -0.15) is 5.26 Å². The van der Waals surface area contributed by atoms with E-state index in [0.29, 0.717) is 17.9 Å². The van der Waals surface area contributed by atoms with Crippen LogP contribution >= 0.6 is 11.6 Å². The van der Waals surface area contributed by atoms with Crippen molar-refractivity contribution in [2.24, 2.45) is 5.41 Å². The lowest BCUT2D eigenvalue weighted by molar-refractivity contribution is -0.146. The molecule has 0 aliphatic heterocycles. The molecule has 0 fully saturated rings. The maximum Gasteiger partial charge on any atom is 0.324 e. The predicted octanol–water partition coefficient (Wildman–Crippen LogP) is 4.94. The number of benzene rings is 1. The molecule has 0 heterocycles. The van der Waals surface area contributed by atoms with Gasteiger partial charge in [0.1, 0.15) is 0 Å². The highest BCUT2D eigenvalue weighted by Crippen LogP contribution is 2.33. The summed E-state index contributed by atoms with van der Waals surface area (Å²) >= 11 is 6.43. The molecule has 1 aromatic carbocycles. The third kappa shape index (κ3) is 6.00. The Morgan fingerprint density at radius 3 is 2.31 bits per heavy atom. The van der Waals surface area contributed by atoms with E-state index >= 15 is 0 Å². The highest BCUT2D eigenvalue weighted by Gasteiger charge is 2.39. The molecule has 144 valence electrons. The van der Waals surface area contributed by atoms with Gasteiger partial charge in [-0.1, -0.05) is 50.6 Å². The van der Waals surface area contributed by atoms with Crippen LogP contribution in [-0.4, -0.2) is 35.6 Å². The largest absolute Gasteiger partial charge is 0.480 e. The molecule has 1 aromatic rings. The highest BCUT2D eigenvalue weighted by atomic mass is 35.5. The van der Waals surface area contributed by atoms with E-state index in [1.807, 2.05) is 25.1 Å². The van der Waals surface area contributed by atoms with Crippen LogP contribution in [0.2, 0.25) is 5.02 Å². The first-order valence-electron chi connectivity index (χ1n) is 9.57. The van der Waals surface area contributed by atoms with E-state index in [0.717, 1.165) is 50.0 Å². The van der Waals surface area contributed by atoms with Crippen LogP contribution < -0.4 is 0 Å². The quantitative estimate of drug-likeness (QED) is 0.559. The SMILES string of the molecule is CCCN(CCC)CCCC(C#N)(Cc1cccc(CC)c1Cl)C(=O)O. The van der Waals surface area contributed by atoms with Crippen LogP contribution in [0.25, 0.3) is 0 Å². The number of carboxylic acids is 1. The number of hydrogen-bond acceptors (Lipinski definition) is 3. The lowest BCUT2D eigenvalue weighted by Crippen LogP contribution is -2.34. The molecule has 0 spiro atoms. The molecule has 4 nitrogen and oxygen atoms in total. The van der Waals surface area contributed by atoms with Gasteiger partial charge in [0.2, 0.25) is 0 Å². The van der Waals surface area contributed by atoms with Gasteiger partial charge >= 0.3 is 5.97 Å². The molecule has 0 amide bonds. The fourth-order valence-corrected chi connectivity index (χ4v) is 3.68. The second kappa shape index (κ2) is 11.2. The molecular formula is C21H31ClN2O2. The van der Waals surface area contributed by atoms with Gasteiger partial charge in [-0.05, 0) is 62.9 Å². The Balaban J connectivity index is 2.92. The van der Waals surface area contributed by atoms with Crippen molar-refractivity contribution in [3.8, 4) is 6.07 Å². The maximum absolute atomic E-state index is 12.0. The lowest BCUT2D eigenvalue weighted by atomic mass is 9.78. The second-order valence-electron chi connectivity index (χ2n) is 6.86. The van der Waals surface area contributed by atoms with Crippen molar-refractivity contribution in [2.75, 3.05) is 19.6 Å². The van der Waals surface area contributed by atoms with Gasteiger partial charge in [0.15, 0.2) is 5.41 Å². The van der Waals surface area contributed by atoms with Gasteiger partial charge in [-0.3, -0.25) is 4.79 Å². The number of aliphatic carboxylic acids is 1. The Hall–Kier alpha value is -1.57. The summed E-state index contributed by atoms with van der Waals surface area (Å²) < 4.78 is 0. The number of carboxylic acid groups (broad SMARTS) is 1. The molecule has 1 N–H and O–H groups in total. The standard InChI is InChI=1S/C21H31ClN2O2/c1-4-12-24(13-5-2)14-8-11-21(16-23,20(25)26)15-18-10-7-9-17(6-3)19(18)22/h7,9-10H,4-6,8,11-15H2,1-3H3,(H,25,26). The number of nitriles is 1. The number of carbonyl (C=O) groups is 1. The number of aryl methyl sites for hydroxylation is 1. The summed E-state index contributed by atoms with van der Waals surface area (Å²) in [6, 6.07) is 7.74. The second-order valence-corrected chi connectivity index (χ2v) is 7.24. The average Bonchev–Trinajstić information content (AvgIpc) is 2.62. The van der Waals surface area contributed by atoms with Gasteiger partial charge in [-0.15, -0.1) is 0 Å². The molecule has 1 atom stereocenters. The molecular weight excluding hydrogens is 348 g/mol. The minimum atomic E-state index is -1.43. The van der Waals surface area contributed by atoms with Gasteiger partial charge in [-0.25, -0.2) is 0 Å². The van der Waals surface area contributed by atoms with Crippen molar-refractivity contribution < 1.29 is 9.90 Å². The number of rotatable bonds is 12. The third-order valence-corrected chi connectivity index (χ3v) is 5.30. The van der Waals surface area contributed by atoms with E-state index in [1.54, 1.807) is 0 Å². The molecule has 0 aliphatic carbocycles. The van der Waals surface area contributed by atoms with Crippen molar-refractivity contribution in [3.05, 3.63) is 34.3 Å². The van der Waals surface area contributed by atoms with Gasteiger partial charge in [0.05, 0.1) is 6.07 Å². The molecule has 0 saturated heterocycles. The zero-order chi connectivity index (χ0) is 19.6. The van der Waals surface area contributed by atoms with Crippen LogP contribution in [-0.2, 0) is 17.6 Å². The van der Waals surface area contributed by atoms with Gasteiger partial charge < -0.3 is 10.0 Å². The van der Waals surface area contributed by atoms with Crippen molar-refractivity contribution >= 4 is 17.6 Å². The van der Waals surface area contributed by atoms with E-state index in [2.05, 4.69) is 24.8 Å². The van der Waals surface area contributed by atoms with Crippen molar-refractivity contribution in [1.82, 2.24) is 4.90 Å². The molecule has 1 unspecified atom stereocenters. The first-order valence-corrected chi connectivity index (χ1v) is 9.95. The van der Waals surface area contributed by atoms with Crippen LogP contribution in [0.1, 0.15) is 57.6 Å². The van der Waals surface area contributed by atoms with Crippen LogP contribution in [0.5, 0.6) is 0 Å². The zero-order valence-electron chi connectivity index (χ0n) is 16.2. The normalized spacial score (nSPS) is 13.4. The van der Waals surface area contributed by atoms with Crippen LogP contribution in [0.3, 0.4) is 0 Å². The summed E-state index contributed by atoms with van der Waals surface area (Å²) in [5.74, 6) is -1.06. The monoisotopic (exact) mass is 378 g/mol. The van der Waals surface area contributed by atoms with E-state index in [1.165, 1.54) is 0 Å². The minimum absolute atomic E-state index is 0.146. The summed E-state index contributed by atoms with van der Waals surface area (Å²) in [4.78, 5) is 14.3. The maximum atomic E-state index is 12.0. The Bertz CT molecular complexity index is 621. The molecule has 1 rings (SSSR count). The summed E-state index contributed by atoms with van der Waals surface area (Å²) in [7, 11) is 0. The molecule has 26 heavy (non-hydrogen) atoms. The Morgan fingerprint density at radius 1 is 1.19 bits per heavy atom. The van der Waals surface area contributed by atoms with Crippen LogP contribution in [0.15, 0.2) is 18.2 Å². The minimum Gasteiger partial charge on any atom is -0.480 e. The summed E-state index contributed by atoms with van der Waals surface area (Å²) in [6.07, 6.45) is 4.08. The number of hydrogen-bond donors (Lipinski definition) is 1. The lowest BCUT2D eigenvalue weighted by Gasteiger charge is -2.26. The molecule has 0 radical (unpaired) electrons. The van der Waals surface area contributed by atoms with Gasteiger partial charge in [0.25, 0.3) is 0 Å². The van der Waals surface area contributed by atoms with Crippen LogP contribution in [0.4, 0.5) is 0 Å². The van der Waals surface area contributed by atoms with Gasteiger partial charge in [0, 0.05) is 11.4 Å². The summed E-state index contributed by atoms with van der Waals surface area (Å²) in [5, 5.41) is 20.1. The fraction of sp³-hybridized carbons (Fsp3) is 0.619. The van der Waals surface area contributed by atoms with Crippen molar-refractivity contribution in [2.45, 2.75) is 59.3 Å². The molecule has 5 heteroatoms. The number of halogens is 1. The third-order valence-electron chi connectivity index (χ3n) is 4.81. The predicted molar refractivity (Wildman–Crippen MR) is 106 cm³/mol. The van der Waals surface area contributed by atoms with E-state index in [4.69, 9.17) is 11.6 Å². The summed E-state index contributed by atoms with van der Waals surface area (Å²) in [5.41, 5.74) is 0.299. The van der Waals surface area contributed by atoms with Crippen LogP contribution in [0, 0.1) is 16.7 Å². The van der Waals surface area contributed by atoms with Crippen molar-refractivity contribution in [3.63, 3.8) is 0 Å². The topological polar surface area (TPSA) is 64.3 Å². The Morgan fingerprint density at radius 2 is 1.81 bits per heavy atom. The van der Waals surface area contributed by atoms with E-state index in [9.17, 15) is 15.2 Å². The van der Waals surface area contributed by atoms with Crippen molar-refractivity contribution in [1.29, 1.82) is 5.26 Å². The molecule has 0 aromatic heterocycles. The molecule has 0 aliphatic rings. The first-order chi connectivity index (χ1) is 12.4. The fourth-order valence-electron chi connectivity index (χ4n) is 3.35. The Kier molecular flexibility index (Phi) is 9.69. The van der Waals surface area contributed by atoms with E-state index in [-0.39, 0.29) is 6.42 Å². The summed E-state index contributed by atoms with van der Waals surface area (Å²) in [6.45, 7) is 9.12. The first kappa shape index (κ1) is 22.5. The molecule has 0 saturated carbocycles. The Labute approximate surface area is 162 Å². The average molecular weight is 379 g/mol. The molecule has 0 bridgehead atoms. The smallest absolute Gasteiger partial charge is 0.324 e. The zero-order valence-corrected chi connectivity index (χ0v) is 17.0.